The van der Waals surface area contributed by atoms with Gasteiger partial charge in [0.15, 0.2) is 0 Å². The molecule has 0 saturated carbocycles. The monoisotopic (exact) mass is 248 g/mol. The molecule has 1 unspecified atom stereocenters. The highest BCUT2D eigenvalue weighted by atomic mass is 35.5. The van der Waals surface area contributed by atoms with Crippen LogP contribution in [0.15, 0.2) is 30.4 Å². The highest BCUT2D eigenvalue weighted by molar-refractivity contribution is 6.78. The van der Waals surface area contributed by atoms with Gasteiger partial charge in [-0.25, -0.2) is 0 Å². The third-order valence-electron chi connectivity index (χ3n) is 3.02. The van der Waals surface area contributed by atoms with Gasteiger partial charge in [0.05, 0.1) is 8.07 Å². The summed E-state index contributed by atoms with van der Waals surface area (Å²) in [5, 5.41) is 0.809. The zero-order chi connectivity index (χ0) is 11.8. The van der Waals surface area contributed by atoms with Crippen molar-refractivity contribution in [3.8, 4) is 0 Å². The highest BCUT2D eigenvalue weighted by Crippen LogP contribution is 2.31. The number of hydrogen-bond donors (Lipinski definition) is 0. The molecule has 0 saturated heterocycles. The largest absolute Gasteiger partial charge is 0.0843 e. The summed E-state index contributed by atoms with van der Waals surface area (Å²) >= 11 is 6.01. The highest BCUT2D eigenvalue weighted by Gasteiger charge is 2.22. The minimum atomic E-state index is -1.15. The van der Waals surface area contributed by atoms with Crippen molar-refractivity contribution in [2.24, 2.45) is 0 Å². The van der Waals surface area contributed by atoms with Crippen LogP contribution in [0.25, 0.3) is 12.2 Å². The Kier molecular flexibility index (Phi) is 3.09. The van der Waals surface area contributed by atoms with Crippen LogP contribution >= 0.6 is 11.6 Å². The van der Waals surface area contributed by atoms with Gasteiger partial charge in [0.2, 0.25) is 0 Å². The van der Waals surface area contributed by atoms with Gasteiger partial charge in [-0.3, -0.25) is 0 Å². The molecule has 2 heteroatoms. The van der Waals surface area contributed by atoms with Gasteiger partial charge in [-0.2, -0.15) is 0 Å². The van der Waals surface area contributed by atoms with E-state index in [1.165, 1.54) is 11.1 Å². The Bertz CT molecular complexity index is 452. The van der Waals surface area contributed by atoms with Crippen molar-refractivity contribution in [1.82, 2.24) is 0 Å². The maximum atomic E-state index is 6.01. The SMILES string of the molecule is C[Si](C)(C)C1C=Cc2ccc(Cl)cc2C=C1. The fraction of sp³-hybridized carbons (Fsp3) is 0.286. The van der Waals surface area contributed by atoms with E-state index in [0.29, 0.717) is 5.54 Å². The number of allylic oxidation sites excluding steroid dienone is 2. The van der Waals surface area contributed by atoms with Gasteiger partial charge in [-0.05, 0) is 28.8 Å². The van der Waals surface area contributed by atoms with Crippen molar-refractivity contribution >= 4 is 31.8 Å². The van der Waals surface area contributed by atoms with E-state index >= 15 is 0 Å². The van der Waals surface area contributed by atoms with Crippen LogP contribution in [-0.4, -0.2) is 8.07 Å². The summed E-state index contributed by atoms with van der Waals surface area (Å²) in [6.07, 6.45) is 9.10. The summed E-state index contributed by atoms with van der Waals surface area (Å²) in [5.74, 6) is 0. The standard InChI is InChI=1S/C14H17ClSi/c1-16(2,3)14-8-5-11-4-7-13(15)10-12(11)6-9-14/h4-10,14H,1-3H3. The first-order valence-corrected chi connectivity index (χ1v) is 9.58. The average Bonchev–Trinajstić information content (AvgIpc) is 2.38. The minimum absolute atomic E-state index is 0.610. The predicted octanol–water partition coefficient (Wildman–Crippen LogP) is 5.09. The molecule has 1 aliphatic carbocycles. The third kappa shape index (κ3) is 2.47. The second-order valence-electron chi connectivity index (χ2n) is 5.38. The zero-order valence-electron chi connectivity index (χ0n) is 10.00. The lowest BCUT2D eigenvalue weighted by molar-refractivity contribution is 1.29. The van der Waals surface area contributed by atoms with Crippen LogP contribution in [0.5, 0.6) is 0 Å². The van der Waals surface area contributed by atoms with Crippen LogP contribution in [0.1, 0.15) is 11.1 Å². The lowest BCUT2D eigenvalue weighted by Crippen LogP contribution is -2.25. The molecule has 2 rings (SSSR count). The molecule has 1 aromatic rings. The Morgan fingerprint density at radius 3 is 2.25 bits per heavy atom. The van der Waals surface area contributed by atoms with Crippen LogP contribution in [0.2, 0.25) is 30.2 Å². The molecule has 0 amide bonds. The van der Waals surface area contributed by atoms with Gasteiger partial charge in [0.25, 0.3) is 0 Å². The first kappa shape index (κ1) is 11.7. The van der Waals surface area contributed by atoms with Crippen molar-refractivity contribution < 1.29 is 0 Å². The summed E-state index contributed by atoms with van der Waals surface area (Å²) in [6, 6.07) is 6.07. The minimum Gasteiger partial charge on any atom is -0.0843 e. The number of fused-ring (bicyclic) bond motifs is 1. The van der Waals surface area contributed by atoms with E-state index in [4.69, 9.17) is 11.6 Å². The van der Waals surface area contributed by atoms with Crippen molar-refractivity contribution in [2.75, 3.05) is 0 Å². The van der Waals surface area contributed by atoms with E-state index < -0.39 is 8.07 Å². The van der Waals surface area contributed by atoms with Crippen LogP contribution in [0.3, 0.4) is 0 Å². The zero-order valence-corrected chi connectivity index (χ0v) is 11.8. The summed E-state index contributed by atoms with van der Waals surface area (Å²) in [7, 11) is -1.15. The Morgan fingerprint density at radius 1 is 1.00 bits per heavy atom. The molecule has 1 atom stereocenters. The van der Waals surface area contributed by atoms with Crippen LogP contribution in [0, 0.1) is 0 Å². The number of benzene rings is 1. The van der Waals surface area contributed by atoms with Crippen LogP contribution in [-0.2, 0) is 0 Å². The molecule has 0 radical (unpaired) electrons. The fourth-order valence-electron chi connectivity index (χ4n) is 1.90. The summed E-state index contributed by atoms with van der Waals surface area (Å²) in [6.45, 7) is 7.19. The normalized spacial score (nSPS) is 19.4. The Morgan fingerprint density at radius 2 is 1.62 bits per heavy atom. The quantitative estimate of drug-likeness (QED) is 0.608. The molecule has 16 heavy (non-hydrogen) atoms. The first-order valence-electron chi connectivity index (χ1n) is 5.63. The molecule has 0 nitrogen and oxygen atoms in total. The molecule has 0 aromatic heterocycles. The topological polar surface area (TPSA) is 0 Å². The van der Waals surface area contributed by atoms with Crippen LogP contribution < -0.4 is 0 Å². The lowest BCUT2D eigenvalue weighted by Gasteiger charge is -2.22. The van der Waals surface area contributed by atoms with E-state index in [1.807, 2.05) is 12.1 Å². The van der Waals surface area contributed by atoms with Gasteiger partial charge in [0, 0.05) is 5.02 Å². The van der Waals surface area contributed by atoms with Crippen LogP contribution in [0.4, 0.5) is 0 Å². The Labute approximate surface area is 104 Å². The summed E-state index contributed by atoms with van der Waals surface area (Å²) < 4.78 is 0. The second-order valence-corrected chi connectivity index (χ2v) is 11.2. The first-order chi connectivity index (χ1) is 7.47. The number of rotatable bonds is 1. The average molecular weight is 249 g/mol. The van der Waals surface area contributed by atoms with E-state index in [2.05, 4.69) is 50.0 Å². The molecule has 0 fully saturated rings. The van der Waals surface area contributed by atoms with E-state index in [1.54, 1.807) is 0 Å². The molecule has 84 valence electrons. The molecule has 0 N–H and O–H groups in total. The maximum Gasteiger partial charge on any atom is 0.0558 e. The molecular formula is C14H17ClSi. The van der Waals surface area contributed by atoms with Gasteiger partial charge in [-0.15, -0.1) is 0 Å². The maximum absolute atomic E-state index is 6.01. The summed E-state index contributed by atoms with van der Waals surface area (Å²) in [4.78, 5) is 0. The lowest BCUT2D eigenvalue weighted by atomic mass is 10.1. The predicted molar refractivity (Wildman–Crippen MR) is 76.6 cm³/mol. The molecule has 0 bridgehead atoms. The molecule has 0 heterocycles. The van der Waals surface area contributed by atoms with E-state index in [-0.39, 0.29) is 0 Å². The number of halogens is 1. The smallest absolute Gasteiger partial charge is 0.0558 e. The van der Waals surface area contributed by atoms with Crippen molar-refractivity contribution in [1.29, 1.82) is 0 Å². The molecule has 1 aliphatic rings. The second kappa shape index (κ2) is 4.23. The number of hydrogen-bond acceptors (Lipinski definition) is 0. The van der Waals surface area contributed by atoms with E-state index in [0.717, 1.165) is 5.02 Å². The molecular weight excluding hydrogens is 232 g/mol. The van der Waals surface area contributed by atoms with Crippen molar-refractivity contribution in [2.45, 2.75) is 25.2 Å². The van der Waals surface area contributed by atoms with Crippen molar-refractivity contribution in [3.05, 3.63) is 46.5 Å². The summed E-state index contributed by atoms with van der Waals surface area (Å²) in [5.41, 5.74) is 3.10. The molecule has 1 aromatic carbocycles. The van der Waals surface area contributed by atoms with E-state index in [9.17, 15) is 0 Å². The molecule has 0 spiro atoms. The Balaban J connectivity index is 2.41. The van der Waals surface area contributed by atoms with Gasteiger partial charge in [-0.1, -0.05) is 61.6 Å². The van der Waals surface area contributed by atoms with Gasteiger partial charge < -0.3 is 0 Å². The van der Waals surface area contributed by atoms with Gasteiger partial charge in [0.1, 0.15) is 0 Å². The third-order valence-corrected chi connectivity index (χ3v) is 5.64. The van der Waals surface area contributed by atoms with Gasteiger partial charge >= 0.3 is 0 Å². The fourth-order valence-corrected chi connectivity index (χ4v) is 3.43. The molecule has 0 aliphatic heterocycles. The van der Waals surface area contributed by atoms with Crippen molar-refractivity contribution in [3.63, 3.8) is 0 Å². The Hall–Kier alpha value is -0.793.